The maximum Gasteiger partial charge on any atom is 0.308 e. The van der Waals surface area contributed by atoms with E-state index in [4.69, 9.17) is 4.74 Å². The molecule has 142 valence electrons. The molecular weight excluding hydrogens is 435 g/mol. The molecule has 1 heterocycles. The third-order valence-electron chi connectivity index (χ3n) is 4.22. The van der Waals surface area contributed by atoms with Gasteiger partial charge in [-0.05, 0) is 39.5 Å². The van der Waals surface area contributed by atoms with Gasteiger partial charge in [0.1, 0.15) is 18.7 Å². The van der Waals surface area contributed by atoms with Crippen molar-refractivity contribution in [1.82, 2.24) is 25.4 Å². The molecule has 1 aromatic heterocycles. The maximum atomic E-state index is 11.8. The predicted octanol–water partition coefficient (Wildman–Crippen LogP) is 1.61. The minimum Gasteiger partial charge on any atom is -0.466 e. The van der Waals surface area contributed by atoms with Crippen LogP contribution in [-0.4, -0.2) is 45.9 Å². The van der Waals surface area contributed by atoms with E-state index in [0.29, 0.717) is 19.2 Å². The van der Waals surface area contributed by atoms with Crippen LogP contribution in [-0.2, 0) is 23.1 Å². The summed E-state index contributed by atoms with van der Waals surface area (Å²) in [6.07, 6.45) is 5.13. The van der Waals surface area contributed by atoms with E-state index in [1.807, 2.05) is 20.9 Å². The topological polar surface area (TPSA) is 93.4 Å². The highest BCUT2D eigenvalue weighted by molar-refractivity contribution is 14.0. The van der Waals surface area contributed by atoms with Crippen molar-refractivity contribution < 1.29 is 9.53 Å². The molecule has 0 radical (unpaired) electrons. The van der Waals surface area contributed by atoms with Crippen LogP contribution >= 0.6 is 24.0 Å². The van der Waals surface area contributed by atoms with Crippen LogP contribution in [0.5, 0.6) is 0 Å². The van der Waals surface area contributed by atoms with Crippen LogP contribution in [0.3, 0.4) is 0 Å². The number of aliphatic imine (C=N–C) groups is 1. The molecule has 0 spiro atoms. The van der Waals surface area contributed by atoms with E-state index in [1.54, 1.807) is 4.68 Å². The minimum absolute atomic E-state index is 0. The summed E-state index contributed by atoms with van der Waals surface area (Å²) >= 11 is 0. The van der Waals surface area contributed by atoms with Crippen LogP contribution in [0, 0.1) is 5.92 Å². The Morgan fingerprint density at radius 2 is 2.08 bits per heavy atom. The standard InChI is InChI=1S/C16H28N6O2.HI/c1-4-17-16(18-10-14-19-11-20-22(14)3)21-13-8-6-12(7-9-13)15(23)24-5-2;/h11-13H,4-10H2,1-3H3,(H2,17,18,21);1H. The first-order valence-corrected chi connectivity index (χ1v) is 8.68. The first-order chi connectivity index (χ1) is 11.6. The molecule has 0 unspecified atom stereocenters. The number of halogens is 1. The fourth-order valence-electron chi connectivity index (χ4n) is 2.86. The Hall–Kier alpha value is -1.39. The Morgan fingerprint density at radius 1 is 1.36 bits per heavy atom. The molecule has 1 aliphatic rings. The smallest absolute Gasteiger partial charge is 0.308 e. The number of aryl methyl sites for hydroxylation is 1. The summed E-state index contributed by atoms with van der Waals surface area (Å²) < 4.78 is 6.84. The van der Waals surface area contributed by atoms with Gasteiger partial charge in [-0.25, -0.2) is 9.98 Å². The summed E-state index contributed by atoms with van der Waals surface area (Å²) in [5.41, 5.74) is 0. The number of nitrogens with one attached hydrogen (secondary N) is 2. The third kappa shape index (κ3) is 6.79. The lowest BCUT2D eigenvalue weighted by Gasteiger charge is -2.29. The van der Waals surface area contributed by atoms with Crippen molar-refractivity contribution in [2.24, 2.45) is 18.0 Å². The van der Waals surface area contributed by atoms with Gasteiger partial charge in [0, 0.05) is 19.6 Å². The number of carbonyl (C=O) groups excluding carboxylic acids is 1. The SMILES string of the molecule is CCNC(=NCc1ncnn1C)NC1CCC(C(=O)OCC)CC1.I. The zero-order valence-electron chi connectivity index (χ0n) is 15.2. The minimum atomic E-state index is -0.0567. The average molecular weight is 464 g/mol. The molecule has 0 aliphatic heterocycles. The van der Waals surface area contributed by atoms with Gasteiger partial charge in [-0.1, -0.05) is 0 Å². The summed E-state index contributed by atoms with van der Waals surface area (Å²) in [4.78, 5) is 20.6. The molecule has 1 aliphatic carbocycles. The fourth-order valence-corrected chi connectivity index (χ4v) is 2.86. The van der Waals surface area contributed by atoms with Crippen LogP contribution in [0.15, 0.2) is 11.3 Å². The summed E-state index contributed by atoms with van der Waals surface area (Å²) in [7, 11) is 1.86. The molecule has 0 aromatic carbocycles. The predicted molar refractivity (Wildman–Crippen MR) is 107 cm³/mol. The van der Waals surface area contributed by atoms with Crippen LogP contribution in [0.2, 0.25) is 0 Å². The quantitative estimate of drug-likeness (QED) is 0.288. The Kier molecular flexibility index (Phi) is 9.76. The summed E-state index contributed by atoms with van der Waals surface area (Å²) in [6, 6.07) is 0.327. The summed E-state index contributed by atoms with van der Waals surface area (Å²) in [5.74, 6) is 1.58. The van der Waals surface area contributed by atoms with E-state index in [9.17, 15) is 4.79 Å². The zero-order chi connectivity index (χ0) is 17.4. The van der Waals surface area contributed by atoms with Gasteiger partial charge >= 0.3 is 5.97 Å². The van der Waals surface area contributed by atoms with Crippen LogP contribution in [0.4, 0.5) is 0 Å². The van der Waals surface area contributed by atoms with Crippen molar-refractivity contribution in [1.29, 1.82) is 0 Å². The van der Waals surface area contributed by atoms with Gasteiger partial charge in [-0.15, -0.1) is 24.0 Å². The fraction of sp³-hybridized carbons (Fsp3) is 0.750. The highest BCUT2D eigenvalue weighted by Crippen LogP contribution is 2.25. The molecule has 1 fully saturated rings. The van der Waals surface area contributed by atoms with Crippen molar-refractivity contribution in [3.8, 4) is 0 Å². The molecule has 0 saturated heterocycles. The van der Waals surface area contributed by atoms with Crippen LogP contribution < -0.4 is 10.6 Å². The van der Waals surface area contributed by atoms with Gasteiger partial charge in [0.2, 0.25) is 0 Å². The number of aromatic nitrogens is 3. The highest BCUT2D eigenvalue weighted by atomic mass is 127. The summed E-state index contributed by atoms with van der Waals surface area (Å²) in [6.45, 7) is 5.61. The Morgan fingerprint density at radius 3 is 2.64 bits per heavy atom. The molecule has 2 N–H and O–H groups in total. The summed E-state index contributed by atoms with van der Waals surface area (Å²) in [5, 5.41) is 10.8. The normalized spacial score (nSPS) is 20.5. The lowest BCUT2D eigenvalue weighted by Crippen LogP contribution is -2.45. The number of ether oxygens (including phenoxy) is 1. The Bertz CT molecular complexity index is 555. The van der Waals surface area contributed by atoms with Crippen LogP contribution in [0.25, 0.3) is 0 Å². The molecule has 0 atom stereocenters. The number of guanidine groups is 1. The molecule has 1 aromatic rings. The van der Waals surface area contributed by atoms with E-state index in [2.05, 4.69) is 25.7 Å². The monoisotopic (exact) mass is 464 g/mol. The lowest BCUT2D eigenvalue weighted by atomic mass is 9.86. The number of carbonyl (C=O) groups is 1. The number of nitrogens with zero attached hydrogens (tertiary/aromatic N) is 4. The van der Waals surface area contributed by atoms with Crippen molar-refractivity contribution in [3.05, 3.63) is 12.2 Å². The van der Waals surface area contributed by atoms with E-state index in [0.717, 1.165) is 44.0 Å². The Balaban J connectivity index is 0.00000312. The molecule has 2 rings (SSSR count). The zero-order valence-corrected chi connectivity index (χ0v) is 17.5. The molecule has 25 heavy (non-hydrogen) atoms. The van der Waals surface area contributed by atoms with E-state index >= 15 is 0 Å². The van der Waals surface area contributed by atoms with Gasteiger partial charge in [0.15, 0.2) is 5.96 Å². The van der Waals surface area contributed by atoms with E-state index in [-0.39, 0.29) is 35.9 Å². The lowest BCUT2D eigenvalue weighted by molar-refractivity contribution is -0.149. The van der Waals surface area contributed by atoms with Gasteiger partial charge in [-0.2, -0.15) is 5.10 Å². The maximum absolute atomic E-state index is 11.8. The van der Waals surface area contributed by atoms with E-state index in [1.165, 1.54) is 6.33 Å². The van der Waals surface area contributed by atoms with Gasteiger partial charge in [0.25, 0.3) is 0 Å². The number of rotatable bonds is 6. The molecule has 9 heteroatoms. The van der Waals surface area contributed by atoms with Crippen LogP contribution in [0.1, 0.15) is 45.4 Å². The second-order valence-corrected chi connectivity index (χ2v) is 5.94. The number of hydrogen-bond acceptors (Lipinski definition) is 5. The second-order valence-electron chi connectivity index (χ2n) is 5.94. The van der Waals surface area contributed by atoms with Crippen molar-refractivity contribution in [2.45, 2.75) is 52.1 Å². The van der Waals surface area contributed by atoms with Crippen molar-refractivity contribution >= 4 is 35.9 Å². The van der Waals surface area contributed by atoms with Gasteiger partial charge in [-0.3, -0.25) is 9.48 Å². The number of esters is 1. The molecule has 0 amide bonds. The van der Waals surface area contributed by atoms with Gasteiger partial charge < -0.3 is 15.4 Å². The highest BCUT2D eigenvalue weighted by Gasteiger charge is 2.27. The average Bonchev–Trinajstić information content (AvgIpc) is 2.99. The molecular formula is C16H29IN6O2. The largest absolute Gasteiger partial charge is 0.466 e. The molecule has 8 nitrogen and oxygen atoms in total. The third-order valence-corrected chi connectivity index (χ3v) is 4.22. The molecule has 1 saturated carbocycles. The first-order valence-electron chi connectivity index (χ1n) is 8.68. The first kappa shape index (κ1) is 21.7. The number of hydrogen-bond donors (Lipinski definition) is 2. The second kappa shape index (κ2) is 11.3. The van der Waals surface area contributed by atoms with E-state index < -0.39 is 0 Å². The van der Waals surface area contributed by atoms with Crippen molar-refractivity contribution in [2.75, 3.05) is 13.2 Å². The van der Waals surface area contributed by atoms with Gasteiger partial charge in [0.05, 0.1) is 12.5 Å². The Labute approximate surface area is 166 Å². The van der Waals surface area contributed by atoms with Crippen molar-refractivity contribution in [3.63, 3.8) is 0 Å². The molecule has 0 bridgehead atoms.